The molecule has 0 radical (unpaired) electrons. The van der Waals surface area contributed by atoms with Gasteiger partial charge >= 0.3 is 0 Å². The number of nitrogens with zero attached hydrogens (tertiary/aromatic N) is 4. The summed E-state index contributed by atoms with van der Waals surface area (Å²) >= 11 is 0. The molecular weight excluding hydrogens is 252 g/mol. The van der Waals surface area contributed by atoms with E-state index in [1.54, 1.807) is 7.05 Å². The molecule has 0 amide bonds. The average molecular weight is 278 g/mol. The molecular formula is C14H26N6. The van der Waals surface area contributed by atoms with Crippen LogP contribution in [0, 0.1) is 0 Å². The minimum Gasteiger partial charge on any atom is -0.355 e. The third-order valence-electron chi connectivity index (χ3n) is 3.74. The molecule has 0 saturated heterocycles. The fraction of sp³-hybridized carbons (Fsp3) is 0.714. The molecule has 0 bridgehead atoms. The monoisotopic (exact) mass is 278 g/mol. The Labute approximate surface area is 121 Å². The highest BCUT2D eigenvalue weighted by Crippen LogP contribution is 2.25. The summed E-state index contributed by atoms with van der Waals surface area (Å²) in [6.45, 7) is 6.10. The van der Waals surface area contributed by atoms with E-state index in [-0.39, 0.29) is 0 Å². The van der Waals surface area contributed by atoms with E-state index in [2.05, 4.69) is 32.5 Å². The van der Waals surface area contributed by atoms with Crippen LogP contribution in [0.25, 0.3) is 0 Å². The lowest BCUT2D eigenvalue weighted by molar-refractivity contribution is 0.282. The minimum absolute atomic E-state index is 0.732. The molecule has 0 atom stereocenters. The summed E-state index contributed by atoms with van der Waals surface area (Å²) in [4.78, 5) is 6.78. The van der Waals surface area contributed by atoms with E-state index < -0.39 is 0 Å². The van der Waals surface area contributed by atoms with Crippen LogP contribution >= 0.6 is 0 Å². The predicted molar refractivity (Wildman–Crippen MR) is 81.7 cm³/mol. The van der Waals surface area contributed by atoms with Crippen molar-refractivity contribution < 1.29 is 0 Å². The molecule has 2 N–H and O–H groups in total. The van der Waals surface area contributed by atoms with Crippen LogP contribution in [0.2, 0.25) is 0 Å². The van der Waals surface area contributed by atoms with Gasteiger partial charge in [0.25, 0.3) is 0 Å². The summed E-state index contributed by atoms with van der Waals surface area (Å²) in [6, 6.07) is 2.83. The van der Waals surface area contributed by atoms with Crippen molar-refractivity contribution in [2.24, 2.45) is 12.0 Å². The number of likely N-dealkylation sites (N-methyl/N-ethyl adjacent to an activating group) is 1. The Hall–Kier alpha value is -1.56. The molecule has 1 aliphatic carbocycles. The van der Waals surface area contributed by atoms with Gasteiger partial charge in [-0.2, -0.15) is 5.10 Å². The van der Waals surface area contributed by atoms with Crippen molar-refractivity contribution in [2.75, 3.05) is 26.7 Å². The van der Waals surface area contributed by atoms with Crippen LogP contribution in [0.15, 0.2) is 17.3 Å². The van der Waals surface area contributed by atoms with Gasteiger partial charge in [0, 0.05) is 39.4 Å². The topological polar surface area (TPSA) is 57.5 Å². The Morgan fingerprint density at radius 1 is 1.50 bits per heavy atom. The molecule has 0 aliphatic heterocycles. The molecule has 1 aromatic heterocycles. The Bertz CT molecular complexity index is 435. The van der Waals surface area contributed by atoms with E-state index in [9.17, 15) is 0 Å². The fourth-order valence-corrected chi connectivity index (χ4v) is 2.33. The molecule has 112 valence electrons. The molecule has 1 saturated carbocycles. The van der Waals surface area contributed by atoms with Gasteiger partial charge < -0.3 is 10.6 Å². The maximum Gasteiger partial charge on any atom is 0.191 e. The summed E-state index contributed by atoms with van der Waals surface area (Å²) in [6.07, 6.45) is 4.53. The summed E-state index contributed by atoms with van der Waals surface area (Å²) in [5, 5.41) is 10.8. The highest BCUT2D eigenvalue weighted by Gasteiger charge is 2.27. The zero-order chi connectivity index (χ0) is 14.4. The minimum atomic E-state index is 0.732. The van der Waals surface area contributed by atoms with Crippen LogP contribution in [0.4, 0.5) is 0 Å². The molecule has 0 aromatic carbocycles. The highest BCUT2D eigenvalue weighted by molar-refractivity contribution is 5.79. The second-order valence-electron chi connectivity index (χ2n) is 5.16. The van der Waals surface area contributed by atoms with Crippen molar-refractivity contribution in [1.82, 2.24) is 25.3 Å². The number of guanidine groups is 1. The number of aryl methyl sites for hydroxylation is 1. The quantitative estimate of drug-likeness (QED) is 0.565. The first-order valence-electron chi connectivity index (χ1n) is 7.40. The molecule has 1 heterocycles. The van der Waals surface area contributed by atoms with Crippen molar-refractivity contribution in [3.63, 3.8) is 0 Å². The largest absolute Gasteiger partial charge is 0.355 e. The Morgan fingerprint density at radius 3 is 2.85 bits per heavy atom. The molecule has 0 spiro atoms. The molecule has 1 aromatic rings. The molecule has 20 heavy (non-hydrogen) atoms. The van der Waals surface area contributed by atoms with Crippen molar-refractivity contribution in [2.45, 2.75) is 32.4 Å². The summed E-state index contributed by atoms with van der Waals surface area (Å²) in [5.74, 6) is 0.845. The van der Waals surface area contributed by atoms with E-state index in [1.165, 1.54) is 12.8 Å². The van der Waals surface area contributed by atoms with E-state index in [4.69, 9.17) is 0 Å². The van der Waals surface area contributed by atoms with Crippen LogP contribution < -0.4 is 10.6 Å². The number of hydrogen-bond acceptors (Lipinski definition) is 3. The second-order valence-corrected chi connectivity index (χ2v) is 5.16. The van der Waals surface area contributed by atoms with E-state index in [1.807, 2.05) is 24.0 Å². The first kappa shape index (κ1) is 14.8. The van der Waals surface area contributed by atoms with Crippen molar-refractivity contribution in [3.05, 3.63) is 18.0 Å². The van der Waals surface area contributed by atoms with E-state index in [0.717, 1.165) is 43.9 Å². The predicted octanol–water partition coefficient (Wildman–Crippen LogP) is 0.569. The summed E-state index contributed by atoms with van der Waals surface area (Å²) in [5.41, 5.74) is 1.14. The van der Waals surface area contributed by atoms with Crippen LogP contribution in [-0.4, -0.2) is 53.4 Å². The highest BCUT2D eigenvalue weighted by atomic mass is 15.3. The number of aromatic nitrogens is 2. The molecule has 6 nitrogen and oxygen atoms in total. The van der Waals surface area contributed by atoms with Gasteiger partial charge in [0.2, 0.25) is 0 Å². The van der Waals surface area contributed by atoms with Crippen molar-refractivity contribution in [3.8, 4) is 0 Å². The van der Waals surface area contributed by atoms with Crippen LogP contribution in [0.5, 0.6) is 0 Å². The third kappa shape index (κ3) is 4.23. The standard InChI is InChI=1S/C14H26N6/c1-4-20(12-5-6-12)10-9-16-14(15-2)17-11-13-7-8-18-19(13)3/h7-8,12H,4-6,9-11H2,1-3H3,(H2,15,16,17). The molecule has 6 heteroatoms. The van der Waals surface area contributed by atoms with Gasteiger partial charge in [-0.3, -0.25) is 14.6 Å². The SMILES string of the molecule is CCN(CCNC(=NC)NCc1ccnn1C)C1CC1. The van der Waals surface area contributed by atoms with Crippen LogP contribution in [0.3, 0.4) is 0 Å². The Morgan fingerprint density at radius 2 is 2.30 bits per heavy atom. The lowest BCUT2D eigenvalue weighted by Gasteiger charge is -2.20. The average Bonchev–Trinajstić information content (AvgIpc) is 3.22. The third-order valence-corrected chi connectivity index (χ3v) is 3.74. The number of aliphatic imine (C=N–C) groups is 1. The molecule has 1 fully saturated rings. The van der Waals surface area contributed by atoms with Gasteiger partial charge in [-0.05, 0) is 25.5 Å². The van der Waals surface area contributed by atoms with Crippen molar-refractivity contribution in [1.29, 1.82) is 0 Å². The van der Waals surface area contributed by atoms with Gasteiger partial charge in [0.15, 0.2) is 5.96 Å². The molecule has 0 unspecified atom stereocenters. The first-order valence-corrected chi connectivity index (χ1v) is 7.40. The lowest BCUT2D eigenvalue weighted by atomic mass is 10.4. The molecule has 1 aliphatic rings. The van der Waals surface area contributed by atoms with Crippen LogP contribution in [0.1, 0.15) is 25.5 Å². The number of hydrogen-bond donors (Lipinski definition) is 2. The zero-order valence-corrected chi connectivity index (χ0v) is 12.8. The summed E-state index contributed by atoms with van der Waals surface area (Å²) in [7, 11) is 3.75. The lowest BCUT2D eigenvalue weighted by Crippen LogP contribution is -2.42. The van der Waals surface area contributed by atoms with Crippen molar-refractivity contribution >= 4 is 5.96 Å². The smallest absolute Gasteiger partial charge is 0.191 e. The molecule has 2 rings (SSSR count). The van der Waals surface area contributed by atoms with Gasteiger partial charge in [-0.1, -0.05) is 6.92 Å². The van der Waals surface area contributed by atoms with E-state index in [0.29, 0.717) is 0 Å². The first-order chi connectivity index (χ1) is 9.74. The van der Waals surface area contributed by atoms with Gasteiger partial charge in [-0.15, -0.1) is 0 Å². The van der Waals surface area contributed by atoms with Gasteiger partial charge in [0.05, 0.1) is 12.2 Å². The van der Waals surface area contributed by atoms with Gasteiger partial charge in [0.1, 0.15) is 0 Å². The Kier molecular flexibility index (Phi) is 5.40. The second kappa shape index (κ2) is 7.28. The van der Waals surface area contributed by atoms with E-state index >= 15 is 0 Å². The van der Waals surface area contributed by atoms with Crippen LogP contribution in [-0.2, 0) is 13.6 Å². The Balaban J connectivity index is 1.68. The maximum absolute atomic E-state index is 4.25. The number of nitrogens with one attached hydrogen (secondary N) is 2. The number of rotatable bonds is 7. The maximum atomic E-state index is 4.25. The summed E-state index contributed by atoms with van der Waals surface area (Å²) < 4.78 is 1.87. The zero-order valence-electron chi connectivity index (χ0n) is 12.8. The normalized spacial score (nSPS) is 15.7. The van der Waals surface area contributed by atoms with Gasteiger partial charge in [-0.25, -0.2) is 0 Å². The fourth-order valence-electron chi connectivity index (χ4n) is 2.33.